The number of halogens is 2. The fraction of sp³-hybridized carbons (Fsp3) is 0.400. The van der Waals surface area contributed by atoms with E-state index in [4.69, 9.17) is 21.7 Å². The molecule has 3 N–H and O–H groups in total. The number of imide groups is 1. The monoisotopic (exact) mass is 844 g/mol. The average Bonchev–Trinajstić information content (AvgIpc) is 3.56. The second-order valence-electron chi connectivity index (χ2n) is 17.3. The van der Waals surface area contributed by atoms with Gasteiger partial charge in [0.15, 0.2) is 17.2 Å². The quantitative estimate of drug-likeness (QED) is 0.148. The van der Waals surface area contributed by atoms with Gasteiger partial charge in [-0.3, -0.25) is 29.6 Å². The molecule has 2 aliphatic carbocycles. The van der Waals surface area contributed by atoms with Gasteiger partial charge in [0.1, 0.15) is 6.17 Å². The van der Waals surface area contributed by atoms with Crippen LogP contribution in [0, 0.1) is 18.3 Å². The van der Waals surface area contributed by atoms with Gasteiger partial charge in [-0.25, -0.2) is 18.7 Å². The van der Waals surface area contributed by atoms with Crippen LogP contribution in [0.2, 0.25) is 5.02 Å². The molecule has 0 radical (unpaired) electrons. The molecule has 10 rings (SSSR count). The summed E-state index contributed by atoms with van der Waals surface area (Å²) in [6.45, 7) is 4.10. The van der Waals surface area contributed by atoms with Gasteiger partial charge in [-0.05, 0) is 97.7 Å². The molecule has 2 atom stereocenters. The van der Waals surface area contributed by atoms with Crippen LogP contribution in [0.5, 0.6) is 0 Å². The van der Waals surface area contributed by atoms with E-state index in [1.807, 2.05) is 30.2 Å². The predicted octanol–water partition coefficient (Wildman–Crippen LogP) is 6.65. The zero-order valence-electron chi connectivity index (χ0n) is 34.0. The average molecular weight is 845 g/mol. The van der Waals surface area contributed by atoms with E-state index in [0.717, 1.165) is 61.2 Å². The Labute approximate surface area is 356 Å². The van der Waals surface area contributed by atoms with Crippen molar-refractivity contribution in [3.05, 3.63) is 93.9 Å². The van der Waals surface area contributed by atoms with Gasteiger partial charge in [-0.2, -0.15) is 0 Å². The summed E-state index contributed by atoms with van der Waals surface area (Å²) in [6, 6.07) is 15.0. The first-order chi connectivity index (χ1) is 29.5. The standard InChI is InChI=1S/C45H46ClFN10O4/c1-25-16-28(18-36(40(25)46)56-13-9-39(58)52-44(56)61)43(60)54-14-10-45(11-15-54)21-27(22-45)17-26-6-7-32(49-23-26)29-4-3-5-35-30(29)8-12-55(35)38-20-34(48-2)41-50-24-37(57(41)53-38)42(59)51-33-19-31(33)47/h3-7,16,18,20,23-24,27,31,33,48H,8-15,17,19,21-22H2,1-2H3,(H,51,59)(H,52,58,61)/t31-,33+/m0/s1. The Morgan fingerprint density at radius 1 is 0.967 bits per heavy atom. The number of benzene rings is 2. The SMILES string of the molecule is CNc1cc(N2CCc3c(-c4ccc(CC5CC6(CCN(C(=O)c7cc(C)c(Cl)c(N8CCC(=O)NC8=O)c7)CC6)C5)cn4)cccc32)nn2c(C(=O)N[C@@H]3C[C@@H]3F)cnc12. The molecule has 14 nitrogen and oxygen atoms in total. The number of alkyl halides is 1. The fourth-order valence-electron chi connectivity index (χ4n) is 9.88. The fourth-order valence-corrected chi connectivity index (χ4v) is 10.1. The normalized spacial score (nSPS) is 20.8. The number of pyridine rings is 1. The third kappa shape index (κ3) is 7.11. The number of anilines is 4. The van der Waals surface area contributed by atoms with Crippen LogP contribution in [-0.4, -0.2) is 93.7 Å². The highest BCUT2D eigenvalue weighted by Crippen LogP contribution is 2.53. The van der Waals surface area contributed by atoms with Crippen LogP contribution in [0.3, 0.4) is 0 Å². The molecule has 5 amide bonds. The van der Waals surface area contributed by atoms with Crippen LogP contribution in [0.1, 0.15) is 76.1 Å². The second-order valence-corrected chi connectivity index (χ2v) is 17.7. The highest BCUT2D eigenvalue weighted by Gasteiger charge is 2.46. The second kappa shape index (κ2) is 15.1. The molecule has 0 unspecified atom stereocenters. The van der Waals surface area contributed by atoms with Crippen molar-refractivity contribution in [2.24, 2.45) is 11.3 Å². The van der Waals surface area contributed by atoms with E-state index in [0.29, 0.717) is 65.3 Å². The van der Waals surface area contributed by atoms with Crippen molar-refractivity contribution >= 4 is 63.9 Å². The van der Waals surface area contributed by atoms with Gasteiger partial charge in [0, 0.05) is 75.1 Å². The van der Waals surface area contributed by atoms with Gasteiger partial charge in [0.25, 0.3) is 11.8 Å². The molecule has 3 aliphatic heterocycles. The first kappa shape index (κ1) is 39.1. The van der Waals surface area contributed by atoms with Crippen molar-refractivity contribution in [3.8, 4) is 11.3 Å². The van der Waals surface area contributed by atoms with Crippen molar-refractivity contribution in [2.75, 3.05) is 48.3 Å². The molecule has 2 aromatic carbocycles. The topological polar surface area (TPSA) is 157 Å². The molecule has 16 heteroatoms. The van der Waals surface area contributed by atoms with Crippen molar-refractivity contribution in [2.45, 2.75) is 70.5 Å². The molecule has 1 spiro atoms. The van der Waals surface area contributed by atoms with Crippen molar-refractivity contribution < 1.29 is 23.6 Å². The number of nitrogens with one attached hydrogen (secondary N) is 3. The van der Waals surface area contributed by atoms with Crippen LogP contribution >= 0.6 is 11.6 Å². The molecule has 5 aliphatic rings. The molecule has 2 saturated heterocycles. The summed E-state index contributed by atoms with van der Waals surface area (Å²) in [5.41, 5.74) is 8.83. The van der Waals surface area contributed by atoms with Crippen molar-refractivity contribution in [1.82, 2.24) is 35.1 Å². The van der Waals surface area contributed by atoms with Crippen LogP contribution in [-0.2, 0) is 17.6 Å². The molecule has 4 fully saturated rings. The summed E-state index contributed by atoms with van der Waals surface area (Å²) in [7, 11) is 1.81. The molecular weight excluding hydrogens is 799 g/mol. The molecule has 0 bridgehead atoms. The third-order valence-corrected chi connectivity index (χ3v) is 13.8. The van der Waals surface area contributed by atoms with E-state index in [1.165, 1.54) is 26.7 Å². The minimum atomic E-state index is -1.01. The largest absolute Gasteiger partial charge is 0.385 e. The van der Waals surface area contributed by atoms with Gasteiger partial charge in [0.2, 0.25) is 5.91 Å². The van der Waals surface area contributed by atoms with Gasteiger partial charge in [-0.15, -0.1) is 5.10 Å². The smallest absolute Gasteiger partial charge is 0.328 e. The highest BCUT2D eigenvalue weighted by molar-refractivity contribution is 6.35. The maximum atomic E-state index is 13.7. The summed E-state index contributed by atoms with van der Waals surface area (Å²) in [5, 5.41) is 13.5. The number of urea groups is 1. The van der Waals surface area contributed by atoms with Crippen LogP contribution in [0.25, 0.3) is 16.9 Å². The molecule has 2 saturated carbocycles. The van der Waals surface area contributed by atoms with Gasteiger partial charge in [-0.1, -0.05) is 29.8 Å². The number of amides is 5. The molecule has 61 heavy (non-hydrogen) atoms. The van der Waals surface area contributed by atoms with Crippen LogP contribution < -0.4 is 25.8 Å². The van der Waals surface area contributed by atoms with Gasteiger partial charge >= 0.3 is 6.03 Å². The van der Waals surface area contributed by atoms with E-state index < -0.39 is 24.2 Å². The van der Waals surface area contributed by atoms with Gasteiger partial charge < -0.3 is 20.4 Å². The number of carbonyl (C=O) groups is 4. The lowest BCUT2D eigenvalue weighted by atomic mass is 9.56. The van der Waals surface area contributed by atoms with E-state index in [9.17, 15) is 23.6 Å². The number of likely N-dealkylation sites (tertiary alicyclic amines) is 1. The minimum absolute atomic E-state index is 0.0680. The first-order valence-electron chi connectivity index (χ1n) is 21.0. The number of rotatable bonds is 9. The number of aromatic nitrogens is 4. The van der Waals surface area contributed by atoms with E-state index in [2.05, 4.69) is 50.1 Å². The molecule has 3 aromatic heterocycles. The van der Waals surface area contributed by atoms with E-state index >= 15 is 0 Å². The summed E-state index contributed by atoms with van der Waals surface area (Å²) in [5.74, 6) is 0.446. The molecule has 5 aromatic rings. The van der Waals surface area contributed by atoms with E-state index in [-0.39, 0.29) is 35.9 Å². The third-order valence-electron chi connectivity index (χ3n) is 13.3. The Bertz CT molecular complexity index is 2620. The van der Waals surface area contributed by atoms with Crippen LogP contribution in [0.4, 0.5) is 32.1 Å². The number of hydrogen-bond acceptors (Lipinski definition) is 9. The Hall–Kier alpha value is -6.09. The van der Waals surface area contributed by atoms with Crippen molar-refractivity contribution in [1.29, 1.82) is 0 Å². The minimum Gasteiger partial charge on any atom is -0.385 e. The zero-order valence-corrected chi connectivity index (χ0v) is 34.8. The lowest BCUT2D eigenvalue weighted by Gasteiger charge is -2.52. The maximum Gasteiger partial charge on any atom is 0.328 e. The zero-order chi connectivity index (χ0) is 42.2. The molecular formula is C45H46ClFN10O4. The first-order valence-corrected chi connectivity index (χ1v) is 21.4. The summed E-state index contributed by atoms with van der Waals surface area (Å²) >= 11 is 6.59. The highest BCUT2D eigenvalue weighted by atomic mass is 35.5. The maximum absolute atomic E-state index is 13.7. The molecule has 6 heterocycles. The Morgan fingerprint density at radius 2 is 1.75 bits per heavy atom. The lowest BCUT2D eigenvalue weighted by Crippen LogP contribution is -2.50. The Balaban J connectivity index is 0.771. The van der Waals surface area contributed by atoms with Crippen LogP contribution in [0.15, 0.2) is 60.9 Å². The molecule has 314 valence electrons. The number of fused-ring (bicyclic) bond motifs is 2. The number of hydrogen-bond donors (Lipinski definition) is 3. The predicted molar refractivity (Wildman–Crippen MR) is 229 cm³/mol. The number of nitrogens with zero attached hydrogens (tertiary/aromatic N) is 7. The number of aryl methyl sites for hydroxylation is 1. The number of carbonyl (C=O) groups excluding carboxylic acids is 4. The number of piperidine rings is 1. The summed E-state index contributed by atoms with van der Waals surface area (Å²) in [4.78, 5) is 65.9. The number of imidazole rings is 1. The Morgan fingerprint density at radius 3 is 2.48 bits per heavy atom. The summed E-state index contributed by atoms with van der Waals surface area (Å²) in [6.07, 6.45) is 8.92. The van der Waals surface area contributed by atoms with E-state index in [1.54, 1.807) is 19.2 Å². The van der Waals surface area contributed by atoms with Crippen molar-refractivity contribution in [3.63, 3.8) is 0 Å². The Kier molecular flexibility index (Phi) is 9.68. The van der Waals surface area contributed by atoms with Gasteiger partial charge in [0.05, 0.1) is 34.3 Å². The summed E-state index contributed by atoms with van der Waals surface area (Å²) < 4.78 is 15.1. The lowest BCUT2D eigenvalue weighted by molar-refractivity contribution is -0.120.